The molecule has 0 fully saturated rings. The van der Waals surface area contributed by atoms with Gasteiger partial charge < -0.3 is 4.74 Å². The van der Waals surface area contributed by atoms with Gasteiger partial charge in [-0.05, 0) is 52.5 Å². The fourth-order valence-corrected chi connectivity index (χ4v) is 2.50. The minimum absolute atomic E-state index is 0.618. The van der Waals surface area contributed by atoms with Crippen molar-refractivity contribution >= 4 is 34.0 Å². The summed E-state index contributed by atoms with van der Waals surface area (Å²) in [5.41, 5.74) is 0.618. The molecule has 0 aromatic heterocycles. The molecule has 0 radical (unpaired) electrons. The van der Waals surface area contributed by atoms with Crippen molar-refractivity contribution in [1.82, 2.24) is 0 Å². The van der Waals surface area contributed by atoms with E-state index in [0.717, 1.165) is 21.4 Å². The van der Waals surface area contributed by atoms with Gasteiger partial charge in [-0.1, -0.05) is 12.1 Å². The number of carbonyl (C=O) groups excluding carboxylic acids is 1. The summed E-state index contributed by atoms with van der Waals surface area (Å²) in [5.74, 6) is 1.51. The summed E-state index contributed by atoms with van der Waals surface area (Å²) in [4.78, 5) is 11.7. The van der Waals surface area contributed by atoms with Crippen molar-refractivity contribution in [3.05, 3.63) is 52.5 Å². The van der Waals surface area contributed by atoms with Crippen LogP contribution in [0.25, 0.3) is 0 Å². The van der Waals surface area contributed by atoms with E-state index >= 15 is 0 Å². The molecule has 92 valence electrons. The Morgan fingerprint density at radius 3 is 2.61 bits per heavy atom. The molecule has 0 saturated carbocycles. The molecule has 2 aromatic rings. The number of hydrogen-bond acceptors (Lipinski definition) is 3. The maximum absolute atomic E-state index is 10.7. The molecule has 2 rings (SSSR count). The first kappa shape index (κ1) is 13.2. The zero-order chi connectivity index (χ0) is 13.0. The lowest BCUT2D eigenvalue weighted by Gasteiger charge is -2.11. The van der Waals surface area contributed by atoms with Crippen LogP contribution in [0.5, 0.6) is 11.5 Å². The molecular formula is C14H11BrO2S. The Morgan fingerprint density at radius 2 is 1.94 bits per heavy atom. The van der Waals surface area contributed by atoms with Gasteiger partial charge in [0.15, 0.2) is 0 Å². The van der Waals surface area contributed by atoms with Crippen molar-refractivity contribution in [2.75, 3.05) is 6.26 Å². The summed E-state index contributed by atoms with van der Waals surface area (Å²) in [5, 5.41) is 0. The molecule has 0 spiro atoms. The maximum Gasteiger partial charge on any atom is 0.150 e. The van der Waals surface area contributed by atoms with E-state index in [1.165, 1.54) is 0 Å². The Hall–Kier alpha value is -1.26. The van der Waals surface area contributed by atoms with Gasteiger partial charge in [0.2, 0.25) is 0 Å². The van der Waals surface area contributed by atoms with E-state index in [9.17, 15) is 4.79 Å². The lowest BCUT2D eigenvalue weighted by molar-refractivity contribution is 0.112. The molecule has 0 aliphatic heterocycles. The third-order valence-electron chi connectivity index (χ3n) is 2.38. The van der Waals surface area contributed by atoms with Gasteiger partial charge in [0.25, 0.3) is 0 Å². The summed E-state index contributed by atoms with van der Waals surface area (Å²) < 4.78 is 6.61. The zero-order valence-electron chi connectivity index (χ0n) is 9.72. The highest BCUT2D eigenvalue weighted by molar-refractivity contribution is 9.10. The number of hydrogen-bond donors (Lipinski definition) is 0. The van der Waals surface area contributed by atoms with E-state index in [4.69, 9.17) is 4.74 Å². The number of benzene rings is 2. The maximum atomic E-state index is 10.7. The normalized spacial score (nSPS) is 10.1. The summed E-state index contributed by atoms with van der Waals surface area (Å²) in [6.07, 6.45) is 2.82. The first-order chi connectivity index (χ1) is 8.74. The summed E-state index contributed by atoms with van der Waals surface area (Å²) in [7, 11) is 0. The van der Waals surface area contributed by atoms with Crippen LogP contribution in [0.4, 0.5) is 0 Å². The second-order valence-electron chi connectivity index (χ2n) is 3.56. The van der Waals surface area contributed by atoms with Gasteiger partial charge in [0, 0.05) is 10.5 Å². The quantitative estimate of drug-likeness (QED) is 0.598. The first-order valence-electron chi connectivity index (χ1n) is 5.30. The molecule has 0 unspecified atom stereocenters. The van der Waals surface area contributed by atoms with Gasteiger partial charge in [-0.3, -0.25) is 4.79 Å². The molecular weight excluding hydrogens is 312 g/mol. The van der Waals surface area contributed by atoms with E-state index in [0.29, 0.717) is 11.3 Å². The van der Waals surface area contributed by atoms with Crippen LogP contribution >= 0.6 is 27.7 Å². The Balaban J connectivity index is 2.31. The van der Waals surface area contributed by atoms with Crippen molar-refractivity contribution in [2.24, 2.45) is 0 Å². The monoisotopic (exact) mass is 322 g/mol. The lowest BCUT2D eigenvalue weighted by Crippen LogP contribution is -1.89. The van der Waals surface area contributed by atoms with Crippen LogP contribution in [0.1, 0.15) is 10.4 Å². The number of para-hydroxylation sites is 1. The highest BCUT2D eigenvalue weighted by atomic mass is 79.9. The summed E-state index contributed by atoms with van der Waals surface area (Å²) in [6, 6.07) is 13.1. The van der Waals surface area contributed by atoms with Crippen molar-refractivity contribution in [3.63, 3.8) is 0 Å². The van der Waals surface area contributed by atoms with Crippen LogP contribution in [0.2, 0.25) is 0 Å². The minimum Gasteiger partial charge on any atom is -0.455 e. The Bertz CT molecular complexity index is 569. The van der Waals surface area contributed by atoms with Crippen molar-refractivity contribution in [1.29, 1.82) is 0 Å². The fraction of sp³-hybridized carbons (Fsp3) is 0.0714. The number of ether oxygens (including phenoxy) is 1. The van der Waals surface area contributed by atoms with Gasteiger partial charge in [0.1, 0.15) is 17.8 Å². The number of rotatable bonds is 4. The van der Waals surface area contributed by atoms with E-state index in [1.54, 1.807) is 30.0 Å². The fourth-order valence-electron chi connectivity index (χ4n) is 1.49. The van der Waals surface area contributed by atoms with Crippen molar-refractivity contribution in [2.45, 2.75) is 4.90 Å². The van der Waals surface area contributed by atoms with Crippen LogP contribution in [0.3, 0.4) is 0 Å². The highest BCUT2D eigenvalue weighted by Gasteiger charge is 2.07. The SMILES string of the molecule is CSc1ccccc1Oc1ccc(C=O)cc1Br. The van der Waals surface area contributed by atoms with Gasteiger partial charge in [-0.2, -0.15) is 0 Å². The van der Waals surface area contributed by atoms with Gasteiger partial charge in [-0.15, -0.1) is 11.8 Å². The van der Waals surface area contributed by atoms with Crippen molar-refractivity contribution < 1.29 is 9.53 Å². The number of thioether (sulfide) groups is 1. The van der Waals surface area contributed by atoms with Crippen LogP contribution in [0, 0.1) is 0 Å². The van der Waals surface area contributed by atoms with E-state index in [2.05, 4.69) is 15.9 Å². The molecule has 0 bridgehead atoms. The molecule has 0 amide bonds. The predicted octanol–water partition coefficient (Wildman–Crippen LogP) is 4.78. The molecule has 0 aliphatic carbocycles. The first-order valence-corrected chi connectivity index (χ1v) is 7.32. The average Bonchev–Trinajstić information content (AvgIpc) is 2.41. The third-order valence-corrected chi connectivity index (χ3v) is 3.78. The van der Waals surface area contributed by atoms with E-state index in [-0.39, 0.29) is 0 Å². The van der Waals surface area contributed by atoms with Crippen LogP contribution < -0.4 is 4.74 Å². The second-order valence-corrected chi connectivity index (χ2v) is 5.26. The summed E-state index contributed by atoms with van der Waals surface area (Å²) >= 11 is 5.03. The predicted molar refractivity (Wildman–Crippen MR) is 77.8 cm³/mol. The standard InChI is InChI=1S/C14H11BrO2S/c1-18-14-5-3-2-4-13(14)17-12-7-6-10(9-16)8-11(12)15/h2-9H,1H3. The molecule has 0 heterocycles. The van der Waals surface area contributed by atoms with Gasteiger partial charge in [0.05, 0.1) is 4.47 Å². The highest BCUT2D eigenvalue weighted by Crippen LogP contribution is 2.34. The topological polar surface area (TPSA) is 26.3 Å². The molecule has 2 nitrogen and oxygen atoms in total. The lowest BCUT2D eigenvalue weighted by atomic mass is 10.2. The molecule has 0 aliphatic rings. The second kappa shape index (κ2) is 6.07. The number of carbonyl (C=O) groups is 1. The third kappa shape index (κ3) is 2.94. The zero-order valence-corrected chi connectivity index (χ0v) is 12.1. The Morgan fingerprint density at radius 1 is 1.17 bits per heavy atom. The van der Waals surface area contributed by atoms with Crippen LogP contribution in [-0.4, -0.2) is 12.5 Å². The van der Waals surface area contributed by atoms with E-state index in [1.807, 2.05) is 30.5 Å². The number of aldehydes is 1. The van der Waals surface area contributed by atoms with Crippen LogP contribution in [-0.2, 0) is 0 Å². The van der Waals surface area contributed by atoms with Gasteiger partial charge >= 0.3 is 0 Å². The molecule has 0 saturated heterocycles. The Labute approximate surface area is 118 Å². The number of halogens is 1. The molecule has 4 heteroatoms. The Kier molecular flexibility index (Phi) is 4.44. The van der Waals surface area contributed by atoms with Crippen LogP contribution in [0.15, 0.2) is 51.8 Å². The molecule has 0 atom stereocenters. The average molecular weight is 323 g/mol. The summed E-state index contributed by atoms with van der Waals surface area (Å²) in [6.45, 7) is 0. The molecule has 18 heavy (non-hydrogen) atoms. The smallest absolute Gasteiger partial charge is 0.150 e. The minimum atomic E-state index is 0.618. The van der Waals surface area contributed by atoms with E-state index < -0.39 is 0 Å². The largest absolute Gasteiger partial charge is 0.455 e. The molecule has 0 N–H and O–H groups in total. The van der Waals surface area contributed by atoms with Crippen molar-refractivity contribution in [3.8, 4) is 11.5 Å². The molecule has 2 aromatic carbocycles. The van der Waals surface area contributed by atoms with Gasteiger partial charge in [-0.25, -0.2) is 0 Å².